The summed E-state index contributed by atoms with van der Waals surface area (Å²) < 4.78 is 7.50. The zero-order valence-electron chi connectivity index (χ0n) is 10.8. The van der Waals surface area contributed by atoms with E-state index >= 15 is 0 Å². The Kier molecular flexibility index (Phi) is 4.50. The molecule has 0 aliphatic heterocycles. The molecule has 2 aromatic carbocycles. The maximum Gasteiger partial charge on any atom is 0.157 e. The Balaban J connectivity index is 2.18. The molecular formula is C15H7Br2Cl2NO2. The summed E-state index contributed by atoms with van der Waals surface area (Å²) in [6, 6.07) is 10.5. The molecule has 1 N–H and O–H groups in total. The molecule has 0 spiro atoms. The number of rotatable bonds is 2. The van der Waals surface area contributed by atoms with Gasteiger partial charge in [-0.15, -0.1) is 0 Å². The second kappa shape index (κ2) is 6.24. The lowest BCUT2D eigenvalue weighted by Gasteiger charge is -2.04. The Morgan fingerprint density at radius 2 is 1.86 bits per heavy atom. The molecule has 3 nitrogen and oxygen atoms in total. The highest BCUT2D eigenvalue weighted by molar-refractivity contribution is 9.11. The SMILES string of the molecule is ON=C(c1cc2cc(Br)cc(Br)c2o1)c1ccc(Cl)cc1Cl. The molecule has 0 bridgehead atoms. The number of nitrogens with zero attached hydrogens (tertiary/aromatic N) is 1. The first-order valence-electron chi connectivity index (χ1n) is 6.06. The van der Waals surface area contributed by atoms with Crippen LogP contribution >= 0.6 is 55.1 Å². The average molecular weight is 464 g/mol. The Morgan fingerprint density at radius 1 is 1.09 bits per heavy atom. The van der Waals surface area contributed by atoms with Gasteiger partial charge in [0, 0.05) is 20.4 Å². The molecular weight excluding hydrogens is 457 g/mol. The zero-order valence-corrected chi connectivity index (χ0v) is 15.5. The third kappa shape index (κ3) is 2.91. The number of benzene rings is 2. The van der Waals surface area contributed by atoms with Crippen LogP contribution in [0.2, 0.25) is 10.0 Å². The van der Waals surface area contributed by atoms with Gasteiger partial charge in [0.15, 0.2) is 11.5 Å². The molecule has 112 valence electrons. The summed E-state index contributed by atoms with van der Waals surface area (Å²) in [4.78, 5) is 0. The first-order valence-corrected chi connectivity index (χ1v) is 8.40. The van der Waals surface area contributed by atoms with Crippen molar-refractivity contribution in [3.8, 4) is 0 Å². The third-order valence-corrected chi connectivity index (χ3v) is 4.65. The molecule has 0 aliphatic rings. The van der Waals surface area contributed by atoms with Crippen molar-refractivity contribution in [2.24, 2.45) is 5.16 Å². The topological polar surface area (TPSA) is 45.7 Å². The standard InChI is InChI=1S/C15H7Br2Cl2NO2/c16-8-3-7-4-13(22-15(7)11(17)5-8)14(20-21)10-2-1-9(18)6-12(10)19/h1-6,21H. The van der Waals surface area contributed by atoms with Crippen molar-refractivity contribution >= 4 is 71.7 Å². The number of furan rings is 1. The third-order valence-electron chi connectivity index (χ3n) is 3.06. The summed E-state index contributed by atoms with van der Waals surface area (Å²) >= 11 is 18.9. The average Bonchev–Trinajstić information content (AvgIpc) is 2.86. The quantitative estimate of drug-likeness (QED) is 0.268. The first-order chi connectivity index (χ1) is 10.5. The Morgan fingerprint density at radius 3 is 2.55 bits per heavy atom. The van der Waals surface area contributed by atoms with Gasteiger partial charge in [0.25, 0.3) is 0 Å². The van der Waals surface area contributed by atoms with Crippen LogP contribution in [0.25, 0.3) is 11.0 Å². The smallest absolute Gasteiger partial charge is 0.157 e. The maximum atomic E-state index is 9.39. The molecule has 22 heavy (non-hydrogen) atoms. The first kappa shape index (κ1) is 15.9. The van der Waals surface area contributed by atoms with Crippen molar-refractivity contribution < 1.29 is 9.62 Å². The minimum Gasteiger partial charge on any atom is -0.453 e. The van der Waals surface area contributed by atoms with Crippen LogP contribution in [0.5, 0.6) is 0 Å². The van der Waals surface area contributed by atoms with Crippen LogP contribution < -0.4 is 0 Å². The number of fused-ring (bicyclic) bond motifs is 1. The van der Waals surface area contributed by atoms with Crippen LogP contribution in [0, 0.1) is 0 Å². The van der Waals surface area contributed by atoms with Crippen molar-refractivity contribution in [3.05, 3.63) is 66.7 Å². The fraction of sp³-hybridized carbons (Fsp3) is 0. The lowest BCUT2D eigenvalue weighted by molar-refractivity contribution is 0.318. The van der Waals surface area contributed by atoms with E-state index in [-0.39, 0.29) is 5.71 Å². The van der Waals surface area contributed by atoms with Crippen molar-refractivity contribution in [2.75, 3.05) is 0 Å². The van der Waals surface area contributed by atoms with Gasteiger partial charge < -0.3 is 9.62 Å². The molecule has 0 atom stereocenters. The van der Waals surface area contributed by atoms with Crippen LogP contribution in [0.4, 0.5) is 0 Å². The highest BCUT2D eigenvalue weighted by atomic mass is 79.9. The molecule has 0 saturated heterocycles. The highest BCUT2D eigenvalue weighted by Gasteiger charge is 2.18. The van der Waals surface area contributed by atoms with Gasteiger partial charge in [-0.3, -0.25) is 0 Å². The van der Waals surface area contributed by atoms with Crippen molar-refractivity contribution in [1.82, 2.24) is 0 Å². The molecule has 0 unspecified atom stereocenters. The van der Waals surface area contributed by atoms with E-state index in [0.717, 1.165) is 14.3 Å². The van der Waals surface area contributed by atoms with Crippen LogP contribution in [0.3, 0.4) is 0 Å². The van der Waals surface area contributed by atoms with Gasteiger partial charge in [0.1, 0.15) is 5.58 Å². The van der Waals surface area contributed by atoms with Gasteiger partial charge in [-0.1, -0.05) is 44.3 Å². The molecule has 3 aromatic rings. The van der Waals surface area contributed by atoms with Gasteiger partial charge in [-0.05, 0) is 52.3 Å². The summed E-state index contributed by atoms with van der Waals surface area (Å²) in [5, 5.41) is 14.5. The predicted molar refractivity (Wildman–Crippen MR) is 95.5 cm³/mol. The molecule has 0 fully saturated rings. The van der Waals surface area contributed by atoms with Gasteiger partial charge in [0.2, 0.25) is 0 Å². The minimum absolute atomic E-state index is 0.237. The van der Waals surface area contributed by atoms with E-state index in [2.05, 4.69) is 37.0 Å². The van der Waals surface area contributed by atoms with E-state index < -0.39 is 0 Å². The highest BCUT2D eigenvalue weighted by Crippen LogP contribution is 2.33. The molecule has 1 heterocycles. The van der Waals surface area contributed by atoms with Gasteiger partial charge in [-0.25, -0.2) is 0 Å². The maximum absolute atomic E-state index is 9.39. The lowest BCUT2D eigenvalue weighted by atomic mass is 10.1. The monoisotopic (exact) mass is 461 g/mol. The van der Waals surface area contributed by atoms with Gasteiger partial charge >= 0.3 is 0 Å². The molecule has 7 heteroatoms. The van der Waals surface area contributed by atoms with Gasteiger partial charge in [-0.2, -0.15) is 0 Å². The number of hydrogen-bond donors (Lipinski definition) is 1. The molecule has 0 saturated carbocycles. The second-order valence-electron chi connectivity index (χ2n) is 4.49. The summed E-state index contributed by atoms with van der Waals surface area (Å²) in [7, 11) is 0. The Bertz CT molecular complexity index is 906. The normalized spacial score (nSPS) is 12.1. The fourth-order valence-corrected chi connectivity index (χ4v) is 3.95. The molecule has 0 amide bonds. The minimum atomic E-state index is 0.237. The van der Waals surface area contributed by atoms with E-state index in [1.54, 1.807) is 24.3 Å². The van der Waals surface area contributed by atoms with E-state index in [1.807, 2.05) is 12.1 Å². The molecule has 0 radical (unpaired) electrons. The number of hydrogen-bond acceptors (Lipinski definition) is 3. The van der Waals surface area contributed by atoms with E-state index in [4.69, 9.17) is 27.6 Å². The van der Waals surface area contributed by atoms with Crippen molar-refractivity contribution in [1.29, 1.82) is 0 Å². The number of oxime groups is 1. The Labute approximate surface area is 152 Å². The van der Waals surface area contributed by atoms with Gasteiger partial charge in [0.05, 0.1) is 9.50 Å². The lowest BCUT2D eigenvalue weighted by Crippen LogP contribution is -2.02. The van der Waals surface area contributed by atoms with Crippen LogP contribution in [0.15, 0.2) is 54.9 Å². The van der Waals surface area contributed by atoms with E-state index in [0.29, 0.717) is 27.0 Å². The zero-order chi connectivity index (χ0) is 15.9. The van der Waals surface area contributed by atoms with Crippen LogP contribution in [-0.2, 0) is 0 Å². The Hall–Kier alpha value is -1.01. The second-order valence-corrected chi connectivity index (χ2v) is 7.10. The van der Waals surface area contributed by atoms with Crippen LogP contribution in [0.1, 0.15) is 11.3 Å². The fourth-order valence-electron chi connectivity index (χ4n) is 2.11. The van der Waals surface area contributed by atoms with Crippen molar-refractivity contribution in [2.45, 2.75) is 0 Å². The summed E-state index contributed by atoms with van der Waals surface area (Å²) in [6.45, 7) is 0. The summed E-state index contributed by atoms with van der Waals surface area (Å²) in [5.74, 6) is 0.403. The van der Waals surface area contributed by atoms with E-state index in [9.17, 15) is 5.21 Å². The van der Waals surface area contributed by atoms with E-state index in [1.165, 1.54) is 0 Å². The number of halogens is 4. The summed E-state index contributed by atoms with van der Waals surface area (Å²) in [6.07, 6.45) is 0. The summed E-state index contributed by atoms with van der Waals surface area (Å²) in [5.41, 5.74) is 1.42. The molecule has 1 aromatic heterocycles. The predicted octanol–water partition coefficient (Wildman–Crippen LogP) is 6.49. The molecule has 3 rings (SSSR count). The largest absolute Gasteiger partial charge is 0.453 e. The van der Waals surface area contributed by atoms with Crippen molar-refractivity contribution in [3.63, 3.8) is 0 Å². The van der Waals surface area contributed by atoms with Crippen LogP contribution in [-0.4, -0.2) is 10.9 Å². The molecule has 0 aliphatic carbocycles.